The van der Waals surface area contributed by atoms with Crippen molar-refractivity contribution in [3.63, 3.8) is 0 Å². The normalized spacial score (nSPS) is 19.3. The third-order valence-corrected chi connectivity index (χ3v) is 20.9. The van der Waals surface area contributed by atoms with E-state index < -0.39 is 0 Å². The largest absolute Gasteiger partial charge is 0.353 e. The Balaban J connectivity index is 0.000000126. The molecule has 6 bridgehead atoms. The fourth-order valence-electron chi connectivity index (χ4n) is 15.7. The second-order valence-electron chi connectivity index (χ2n) is 28.8. The number of pyridine rings is 6. The zero-order valence-corrected chi connectivity index (χ0v) is 59.1. The molecular weight excluding hydrogens is 1310 g/mol. The number of hydrogen-bond donors (Lipinski definition) is 0. The van der Waals surface area contributed by atoms with Crippen molar-refractivity contribution >= 4 is 34.0 Å². The van der Waals surface area contributed by atoms with Gasteiger partial charge in [0, 0.05) is 225 Å². The predicted molar refractivity (Wildman–Crippen MR) is 406 cm³/mol. The van der Waals surface area contributed by atoms with Gasteiger partial charge in [-0.2, -0.15) is 46.4 Å². The number of nitriles is 3. The number of piperazine rings is 3. The van der Waals surface area contributed by atoms with Crippen LogP contribution in [0.2, 0.25) is 0 Å². The molecule has 12 aromatic rings. The molecule has 9 fully saturated rings. The molecule has 24 heteroatoms. The van der Waals surface area contributed by atoms with Gasteiger partial charge < -0.3 is 14.7 Å². The first-order chi connectivity index (χ1) is 50.6. The molecule has 6 unspecified atom stereocenters. The van der Waals surface area contributed by atoms with Crippen molar-refractivity contribution in [3.05, 3.63) is 164 Å². The maximum Gasteiger partial charge on any atom is 0.128 e. The van der Waals surface area contributed by atoms with Gasteiger partial charge in [0.05, 0.1) is 90.1 Å². The van der Waals surface area contributed by atoms with E-state index in [1.54, 1.807) is 46.2 Å². The predicted octanol–water partition coefficient (Wildman–Crippen LogP) is 10.1. The molecule has 24 nitrogen and oxygen atoms in total. The quantitative estimate of drug-likeness (QED) is 0.103. The van der Waals surface area contributed by atoms with Crippen molar-refractivity contribution in [1.82, 2.24) is 87.8 Å². The van der Waals surface area contributed by atoms with Crippen LogP contribution in [0.4, 0.5) is 17.5 Å². The molecule has 0 saturated carbocycles. The number of aryl methyl sites for hydroxylation is 3. The van der Waals surface area contributed by atoms with Gasteiger partial charge in [-0.05, 0) is 102 Å². The fourth-order valence-corrected chi connectivity index (χ4v) is 15.7. The Kier molecular flexibility index (Phi) is 18.3. The molecule has 0 radical (unpaired) electrons. The highest BCUT2D eigenvalue weighted by molar-refractivity contribution is 5.90. The minimum Gasteiger partial charge on any atom is -0.353 e. The van der Waals surface area contributed by atoms with E-state index in [4.69, 9.17) is 21.4 Å². The number of nitrogens with zero attached hydrogens (tertiary/aromatic N) is 24. The Labute approximate surface area is 610 Å². The Hall–Kier alpha value is -12.4. The van der Waals surface area contributed by atoms with E-state index in [1.807, 2.05) is 102 Å². The van der Waals surface area contributed by atoms with Crippen LogP contribution in [0.5, 0.6) is 0 Å². The Morgan fingerprint density at radius 1 is 0.410 bits per heavy atom. The molecule has 0 aromatic carbocycles. The lowest BCUT2D eigenvalue weighted by atomic mass is 9.87. The zero-order chi connectivity index (χ0) is 71.5. The average Bonchev–Trinajstić information content (AvgIpc) is 1.66. The van der Waals surface area contributed by atoms with Crippen LogP contribution in [0, 0.1) is 75.4 Å². The van der Waals surface area contributed by atoms with Crippen LogP contribution < -0.4 is 14.7 Å². The highest BCUT2D eigenvalue weighted by atomic mass is 15.4. The number of piperidine rings is 3. The highest BCUT2D eigenvalue weighted by Crippen LogP contribution is 2.40. The summed E-state index contributed by atoms with van der Waals surface area (Å²) in [5, 5.41) is 55.2. The van der Waals surface area contributed by atoms with E-state index in [0.29, 0.717) is 52.9 Å². The standard InChI is InChI=1S/C29H30N8.C26H24N8.C25H22N8.CH4/c1-29(2,3)8-5-9-36-24-11-25(36)19-35(18-24)27-7-6-20(13-31-27)26-10-21(23-15-32-34(4)16-23)17-37-28(26)22(12-30)14-33-37;1-3-4-7-33-22-9-23(33)17-32(16-22)25-6-5-18(11-28-25)24-8-19(21-13-29-31(2)14-21)15-34-26(24)20(10-27)12-30-34;1-3-6-32-21-8-22(32)16-31(15-21)24-5-4-17(10-27-24)23-7-18(20-12-28-30(2)13-20)14-33-25(23)19(9-26)11-29-33;/h6-7,10,13-17,24-25H,9,11,18-19H2,1-4H3;5-6,8,11-15,22-23H,7,9,16-17H2,1-2H3;1,4-5,7,10-14,21-22H,6,8,15-16H2,2H3;1H4. The van der Waals surface area contributed by atoms with E-state index in [1.165, 1.54) is 19.3 Å². The molecule has 6 atom stereocenters. The van der Waals surface area contributed by atoms with Gasteiger partial charge in [0.2, 0.25) is 0 Å². The third kappa shape index (κ3) is 13.2. The van der Waals surface area contributed by atoms with E-state index in [9.17, 15) is 15.8 Å². The van der Waals surface area contributed by atoms with E-state index >= 15 is 0 Å². The summed E-state index contributed by atoms with van der Waals surface area (Å²) in [6, 6.07) is 28.8. The number of anilines is 3. The van der Waals surface area contributed by atoms with Crippen LogP contribution in [-0.2, 0) is 21.1 Å². The lowest BCUT2D eigenvalue weighted by Crippen LogP contribution is -2.68. The van der Waals surface area contributed by atoms with Gasteiger partial charge in [-0.1, -0.05) is 31.1 Å². The lowest BCUT2D eigenvalue weighted by molar-refractivity contribution is 0.0125. The van der Waals surface area contributed by atoms with Gasteiger partial charge >= 0.3 is 0 Å². The van der Waals surface area contributed by atoms with Gasteiger partial charge in [-0.3, -0.25) is 28.7 Å². The highest BCUT2D eigenvalue weighted by Gasteiger charge is 2.47. The van der Waals surface area contributed by atoms with Crippen LogP contribution in [0.3, 0.4) is 0 Å². The minimum atomic E-state index is 0. The molecule has 9 aliphatic rings. The lowest BCUT2D eigenvalue weighted by Gasteiger charge is -2.56. The van der Waals surface area contributed by atoms with Crippen LogP contribution >= 0.6 is 0 Å². The smallest absolute Gasteiger partial charge is 0.128 e. The Bertz CT molecular complexity index is 5530. The van der Waals surface area contributed by atoms with Crippen molar-refractivity contribution < 1.29 is 0 Å². The van der Waals surface area contributed by atoms with E-state index in [0.717, 1.165) is 160 Å². The number of hydrogen-bond acceptors (Lipinski definition) is 18. The summed E-state index contributed by atoms with van der Waals surface area (Å²) in [7, 11) is 5.69. The number of fused-ring (bicyclic) bond motifs is 9. The van der Waals surface area contributed by atoms with Gasteiger partial charge in [0.1, 0.15) is 35.7 Å². The zero-order valence-electron chi connectivity index (χ0n) is 59.1. The molecule has 0 aliphatic carbocycles. The van der Waals surface area contributed by atoms with Gasteiger partial charge in [0.15, 0.2) is 0 Å². The van der Waals surface area contributed by atoms with Crippen LogP contribution in [0.15, 0.2) is 148 Å². The van der Waals surface area contributed by atoms with Crippen molar-refractivity contribution in [2.45, 2.75) is 90.6 Å². The molecule has 21 rings (SSSR count). The van der Waals surface area contributed by atoms with Crippen LogP contribution in [0.1, 0.15) is 71.1 Å². The molecule has 0 spiro atoms. The number of aromatic nitrogens is 15. The molecule has 105 heavy (non-hydrogen) atoms. The molecule has 21 heterocycles. The summed E-state index contributed by atoms with van der Waals surface area (Å²) in [5.74, 6) is 18.7. The second-order valence-corrected chi connectivity index (χ2v) is 28.8. The monoisotopic (exact) mass is 1390 g/mol. The number of rotatable bonds is 12. The molecular formula is C81H80N24. The fraction of sp³-hybridized carbons (Fsp3) is 0.333. The van der Waals surface area contributed by atoms with Crippen molar-refractivity contribution in [2.24, 2.45) is 26.6 Å². The summed E-state index contributed by atoms with van der Waals surface area (Å²) in [6.45, 7) is 16.6. The van der Waals surface area contributed by atoms with Crippen molar-refractivity contribution in [1.29, 1.82) is 15.8 Å². The topological polar surface area (TPSA) is 235 Å². The Morgan fingerprint density at radius 2 is 0.733 bits per heavy atom. The van der Waals surface area contributed by atoms with E-state index in [-0.39, 0.29) is 12.8 Å². The van der Waals surface area contributed by atoms with Crippen LogP contribution in [0.25, 0.3) is 83.3 Å². The summed E-state index contributed by atoms with van der Waals surface area (Å²) in [5.41, 5.74) is 15.6. The SMILES string of the molecule is C.C#CCN1C2CC1CN(c1ccc(-c3cc(-c4cnn(C)c4)cn4ncc(C#N)c34)cn1)C2.CC#CCN1C2CC1CN(c1ccc(-c3cc(-c4cnn(C)c4)cn4ncc(C#N)c34)cn1)C2.Cn1cc(-c2cc(-c3ccc(N4CC5CC(C4)N5CC#CC(C)(C)C)nc3)c3c(C#N)cnn3c2)cn1. The van der Waals surface area contributed by atoms with Crippen LogP contribution in [-0.4, -0.2) is 183 Å². The molecule has 524 valence electrons. The third-order valence-electron chi connectivity index (χ3n) is 20.9. The summed E-state index contributed by atoms with van der Waals surface area (Å²) in [6.07, 6.45) is 37.0. The first-order valence-electron chi connectivity index (χ1n) is 35.0. The average molecular weight is 1390 g/mol. The minimum absolute atomic E-state index is 0. The molecule has 9 aliphatic heterocycles. The van der Waals surface area contributed by atoms with Crippen molar-refractivity contribution in [3.8, 4) is 121 Å². The first kappa shape index (κ1) is 68.4. The molecule has 0 N–H and O–H groups in total. The maximum absolute atomic E-state index is 9.69. The molecule has 0 amide bonds. The van der Waals surface area contributed by atoms with Gasteiger partial charge in [-0.15, -0.1) is 12.3 Å². The second kappa shape index (κ2) is 28.1. The van der Waals surface area contributed by atoms with E-state index in [2.05, 4.69) is 183 Å². The first-order valence-corrected chi connectivity index (χ1v) is 35.0. The number of terminal acetylenes is 1. The van der Waals surface area contributed by atoms with Gasteiger partial charge in [0.25, 0.3) is 0 Å². The molecule has 9 saturated heterocycles. The van der Waals surface area contributed by atoms with Gasteiger partial charge in [-0.25, -0.2) is 28.5 Å². The summed E-state index contributed by atoms with van der Waals surface area (Å²) in [4.78, 5) is 29.0. The molecule has 12 aromatic heterocycles. The van der Waals surface area contributed by atoms with Crippen molar-refractivity contribution in [2.75, 3.05) is 73.6 Å². The summed E-state index contributed by atoms with van der Waals surface area (Å²) < 4.78 is 10.6. The summed E-state index contributed by atoms with van der Waals surface area (Å²) >= 11 is 0. The maximum atomic E-state index is 9.69. The Morgan fingerprint density at radius 3 is 1.00 bits per heavy atom.